The molecule has 1 aromatic heterocycles. The Kier molecular flexibility index (Phi) is 6.27. The van der Waals surface area contributed by atoms with E-state index in [2.05, 4.69) is 15.6 Å². The summed E-state index contributed by atoms with van der Waals surface area (Å²) < 4.78 is 27.1. The third-order valence-electron chi connectivity index (χ3n) is 3.81. The zero-order chi connectivity index (χ0) is 20.1. The highest BCUT2D eigenvalue weighted by atomic mass is 32.1. The van der Waals surface area contributed by atoms with E-state index in [0.29, 0.717) is 6.54 Å². The zero-order valence-corrected chi connectivity index (χ0v) is 15.9. The number of carbonyl (C=O) groups is 2. The van der Waals surface area contributed by atoms with Crippen LogP contribution in [0, 0.1) is 11.6 Å². The lowest BCUT2D eigenvalue weighted by Crippen LogP contribution is -2.39. The Labute approximate surface area is 164 Å². The summed E-state index contributed by atoms with van der Waals surface area (Å²) in [6.07, 6.45) is 0. The Bertz CT molecular complexity index is 976. The number of para-hydroxylation sites is 1. The van der Waals surface area contributed by atoms with Crippen molar-refractivity contribution in [3.05, 3.63) is 59.1 Å². The molecule has 0 aliphatic carbocycles. The van der Waals surface area contributed by atoms with Crippen molar-refractivity contribution in [2.75, 3.05) is 25.5 Å². The molecule has 2 N–H and O–H groups in total. The molecule has 3 aromatic rings. The standard InChI is InChI=1S/C19H18F2N4O2S/c1-25(11-19-24-15-4-2-3-5-16(15)28-19)10-18(27)22-9-17(26)23-12-6-7-13(20)14(21)8-12/h2-8H,9-11H2,1H3,(H,22,27)(H,23,26). The van der Waals surface area contributed by atoms with Crippen molar-refractivity contribution in [2.24, 2.45) is 0 Å². The average molecular weight is 404 g/mol. The van der Waals surface area contributed by atoms with Crippen LogP contribution in [0.1, 0.15) is 5.01 Å². The van der Waals surface area contributed by atoms with Gasteiger partial charge in [0.05, 0.1) is 29.9 Å². The first kappa shape index (κ1) is 19.8. The van der Waals surface area contributed by atoms with Gasteiger partial charge in [-0.1, -0.05) is 12.1 Å². The number of nitrogens with one attached hydrogen (secondary N) is 2. The Morgan fingerprint density at radius 1 is 1.11 bits per heavy atom. The van der Waals surface area contributed by atoms with Gasteiger partial charge in [-0.2, -0.15) is 0 Å². The number of anilines is 1. The van der Waals surface area contributed by atoms with E-state index in [-0.39, 0.29) is 24.7 Å². The van der Waals surface area contributed by atoms with Gasteiger partial charge in [-0.05, 0) is 31.3 Å². The molecule has 0 saturated carbocycles. The minimum Gasteiger partial charge on any atom is -0.346 e. The van der Waals surface area contributed by atoms with Gasteiger partial charge in [0.25, 0.3) is 0 Å². The van der Waals surface area contributed by atoms with E-state index in [1.165, 1.54) is 6.07 Å². The smallest absolute Gasteiger partial charge is 0.243 e. The number of benzene rings is 2. The molecule has 0 spiro atoms. The fourth-order valence-corrected chi connectivity index (χ4v) is 3.58. The molecule has 0 unspecified atom stereocenters. The monoisotopic (exact) mass is 404 g/mol. The first-order valence-electron chi connectivity index (χ1n) is 8.45. The molecule has 3 rings (SSSR count). The molecule has 146 valence electrons. The van der Waals surface area contributed by atoms with E-state index >= 15 is 0 Å². The summed E-state index contributed by atoms with van der Waals surface area (Å²) in [5, 5.41) is 5.78. The molecular formula is C19H18F2N4O2S. The summed E-state index contributed by atoms with van der Waals surface area (Å²) in [7, 11) is 1.78. The maximum Gasteiger partial charge on any atom is 0.243 e. The minimum absolute atomic E-state index is 0.0916. The molecule has 6 nitrogen and oxygen atoms in total. The fraction of sp³-hybridized carbons (Fsp3) is 0.211. The van der Waals surface area contributed by atoms with Gasteiger partial charge in [-0.15, -0.1) is 11.3 Å². The lowest BCUT2D eigenvalue weighted by Gasteiger charge is -2.14. The summed E-state index contributed by atoms with van der Waals surface area (Å²) >= 11 is 1.57. The van der Waals surface area contributed by atoms with E-state index in [9.17, 15) is 18.4 Å². The number of hydrogen-bond donors (Lipinski definition) is 2. The third kappa shape index (κ3) is 5.30. The number of amides is 2. The number of thiazole rings is 1. The molecule has 9 heteroatoms. The molecule has 0 radical (unpaired) electrons. The Hall–Kier alpha value is -2.91. The molecule has 0 saturated heterocycles. The van der Waals surface area contributed by atoms with E-state index in [1.807, 2.05) is 24.3 Å². The SMILES string of the molecule is CN(CC(=O)NCC(=O)Nc1ccc(F)c(F)c1)Cc1nc2ccccc2s1. The van der Waals surface area contributed by atoms with Gasteiger partial charge in [-0.25, -0.2) is 13.8 Å². The molecule has 0 bridgehead atoms. The second-order valence-electron chi connectivity index (χ2n) is 6.20. The molecular weight excluding hydrogens is 386 g/mol. The van der Waals surface area contributed by atoms with Crippen LogP contribution in [0.25, 0.3) is 10.2 Å². The maximum atomic E-state index is 13.1. The van der Waals surface area contributed by atoms with Gasteiger partial charge in [0.2, 0.25) is 11.8 Å². The Morgan fingerprint density at radius 2 is 1.89 bits per heavy atom. The second kappa shape index (κ2) is 8.85. The number of likely N-dealkylation sites (N-methyl/N-ethyl adjacent to an activating group) is 1. The van der Waals surface area contributed by atoms with Crippen LogP contribution in [0.2, 0.25) is 0 Å². The molecule has 1 heterocycles. The van der Waals surface area contributed by atoms with Gasteiger partial charge in [0.15, 0.2) is 11.6 Å². The molecule has 2 amide bonds. The quantitative estimate of drug-likeness (QED) is 0.635. The molecule has 0 fully saturated rings. The predicted molar refractivity (Wildman–Crippen MR) is 104 cm³/mol. The lowest BCUT2D eigenvalue weighted by molar-refractivity contribution is -0.124. The number of nitrogens with zero attached hydrogens (tertiary/aromatic N) is 2. The normalized spacial score (nSPS) is 11.0. The number of hydrogen-bond acceptors (Lipinski definition) is 5. The average Bonchev–Trinajstić information content (AvgIpc) is 3.05. The van der Waals surface area contributed by atoms with E-state index in [4.69, 9.17) is 0 Å². The van der Waals surface area contributed by atoms with Crippen molar-refractivity contribution in [2.45, 2.75) is 6.54 Å². The number of aromatic nitrogens is 1. The number of halogens is 2. The van der Waals surface area contributed by atoms with Crippen molar-refractivity contribution >= 4 is 39.1 Å². The van der Waals surface area contributed by atoms with Crippen LogP contribution < -0.4 is 10.6 Å². The first-order valence-corrected chi connectivity index (χ1v) is 9.27. The van der Waals surface area contributed by atoms with Crippen LogP contribution in [0.4, 0.5) is 14.5 Å². The second-order valence-corrected chi connectivity index (χ2v) is 7.32. The predicted octanol–water partition coefficient (Wildman–Crippen LogP) is 2.76. The third-order valence-corrected chi connectivity index (χ3v) is 4.83. The van der Waals surface area contributed by atoms with Crippen LogP contribution in [0.3, 0.4) is 0 Å². The van der Waals surface area contributed by atoms with Crippen molar-refractivity contribution in [1.82, 2.24) is 15.2 Å². The zero-order valence-electron chi connectivity index (χ0n) is 15.0. The van der Waals surface area contributed by atoms with Crippen LogP contribution in [0.15, 0.2) is 42.5 Å². The number of rotatable bonds is 7. The van der Waals surface area contributed by atoms with Crippen molar-refractivity contribution < 1.29 is 18.4 Å². The van der Waals surface area contributed by atoms with Crippen LogP contribution >= 0.6 is 11.3 Å². The number of fused-ring (bicyclic) bond motifs is 1. The highest BCUT2D eigenvalue weighted by Crippen LogP contribution is 2.22. The molecule has 0 atom stereocenters. The van der Waals surface area contributed by atoms with Crippen LogP contribution in [-0.4, -0.2) is 41.8 Å². The Morgan fingerprint density at radius 3 is 2.64 bits per heavy atom. The van der Waals surface area contributed by atoms with E-state index < -0.39 is 17.5 Å². The van der Waals surface area contributed by atoms with Crippen molar-refractivity contribution in [1.29, 1.82) is 0 Å². The van der Waals surface area contributed by atoms with Crippen molar-refractivity contribution in [3.8, 4) is 0 Å². The molecule has 28 heavy (non-hydrogen) atoms. The summed E-state index contributed by atoms with van der Waals surface area (Å²) in [6, 6.07) is 10.8. The minimum atomic E-state index is -1.06. The van der Waals surface area contributed by atoms with Gasteiger partial charge in [0.1, 0.15) is 5.01 Å². The topological polar surface area (TPSA) is 74.3 Å². The largest absolute Gasteiger partial charge is 0.346 e. The van der Waals surface area contributed by atoms with Gasteiger partial charge in [-0.3, -0.25) is 14.5 Å². The summed E-state index contributed by atoms with van der Waals surface area (Å²) in [5.41, 5.74) is 1.04. The van der Waals surface area contributed by atoms with E-state index in [1.54, 1.807) is 23.3 Å². The molecule has 0 aliphatic heterocycles. The maximum absolute atomic E-state index is 13.1. The first-order chi connectivity index (χ1) is 13.4. The van der Waals surface area contributed by atoms with Crippen LogP contribution in [0.5, 0.6) is 0 Å². The summed E-state index contributed by atoms with van der Waals surface area (Å²) in [6.45, 7) is 0.328. The van der Waals surface area contributed by atoms with Crippen LogP contribution in [-0.2, 0) is 16.1 Å². The Balaban J connectivity index is 1.44. The van der Waals surface area contributed by atoms with Gasteiger partial charge >= 0.3 is 0 Å². The van der Waals surface area contributed by atoms with Crippen molar-refractivity contribution in [3.63, 3.8) is 0 Å². The highest BCUT2D eigenvalue weighted by molar-refractivity contribution is 7.18. The number of carbonyl (C=O) groups excluding carboxylic acids is 2. The summed E-state index contributed by atoms with van der Waals surface area (Å²) in [4.78, 5) is 30.1. The fourth-order valence-electron chi connectivity index (χ4n) is 2.53. The lowest BCUT2D eigenvalue weighted by atomic mass is 10.3. The summed E-state index contributed by atoms with van der Waals surface area (Å²) in [5.74, 6) is -2.92. The van der Waals surface area contributed by atoms with Gasteiger partial charge < -0.3 is 10.6 Å². The molecule has 2 aromatic carbocycles. The molecule has 0 aliphatic rings. The van der Waals surface area contributed by atoms with Gasteiger partial charge in [0, 0.05) is 11.8 Å². The van der Waals surface area contributed by atoms with E-state index in [0.717, 1.165) is 27.4 Å². The highest BCUT2D eigenvalue weighted by Gasteiger charge is 2.12.